The van der Waals surface area contributed by atoms with E-state index in [0.29, 0.717) is 16.3 Å². The summed E-state index contributed by atoms with van der Waals surface area (Å²) >= 11 is 6.55. The minimum absolute atomic E-state index is 0.235. The summed E-state index contributed by atoms with van der Waals surface area (Å²) in [5.74, 6) is -0.827. The van der Waals surface area contributed by atoms with Crippen LogP contribution in [0.5, 0.6) is 0 Å². The van der Waals surface area contributed by atoms with E-state index in [-0.39, 0.29) is 25.0 Å². The van der Waals surface area contributed by atoms with Crippen molar-refractivity contribution in [2.75, 3.05) is 18.6 Å². The van der Waals surface area contributed by atoms with Gasteiger partial charge in [0.1, 0.15) is 5.54 Å². The van der Waals surface area contributed by atoms with Crippen molar-refractivity contribution in [3.05, 3.63) is 77.1 Å². The van der Waals surface area contributed by atoms with E-state index in [1.807, 2.05) is 31.2 Å². The molecule has 0 bridgehead atoms. The van der Waals surface area contributed by atoms with Crippen molar-refractivity contribution in [2.24, 2.45) is 0 Å². The lowest BCUT2D eigenvalue weighted by Gasteiger charge is -2.32. The molecule has 0 saturated heterocycles. The third-order valence-electron chi connectivity index (χ3n) is 6.18. The van der Waals surface area contributed by atoms with Crippen LogP contribution in [-0.4, -0.2) is 57.8 Å². The first-order valence-electron chi connectivity index (χ1n) is 11.5. The highest BCUT2D eigenvalue weighted by atomic mass is 35.5. The lowest BCUT2D eigenvalue weighted by molar-refractivity contribution is -0.146. The zero-order valence-electron chi connectivity index (χ0n) is 20.6. The molecule has 1 aromatic heterocycles. The first kappa shape index (κ1) is 25.2. The summed E-state index contributed by atoms with van der Waals surface area (Å²) in [6, 6.07) is 13.6. The molecule has 9 nitrogen and oxygen atoms in total. The maximum Gasteiger partial charge on any atom is 0.331 e. The van der Waals surface area contributed by atoms with Gasteiger partial charge in [-0.2, -0.15) is 5.10 Å². The topological polar surface area (TPSA) is 96.8 Å². The molecule has 0 radical (unpaired) electrons. The predicted molar refractivity (Wildman–Crippen MR) is 136 cm³/mol. The van der Waals surface area contributed by atoms with Gasteiger partial charge in [0.05, 0.1) is 23.4 Å². The molecule has 0 unspecified atom stereocenters. The molecule has 10 heteroatoms. The predicted octanol–water partition coefficient (Wildman–Crippen LogP) is 4.04. The summed E-state index contributed by atoms with van der Waals surface area (Å²) in [7, 11) is 1.28. The number of fused-ring (bicyclic) bond motifs is 1. The number of nitrogens with one attached hydrogen (secondary N) is 1. The van der Waals surface area contributed by atoms with Gasteiger partial charge >= 0.3 is 12.0 Å². The van der Waals surface area contributed by atoms with Gasteiger partial charge in [0.15, 0.2) is 0 Å². The number of anilines is 1. The molecule has 0 saturated carbocycles. The van der Waals surface area contributed by atoms with Crippen LogP contribution in [0.1, 0.15) is 36.7 Å². The lowest BCUT2D eigenvalue weighted by Crippen LogP contribution is -2.56. The Morgan fingerprint density at radius 3 is 2.56 bits per heavy atom. The quantitative estimate of drug-likeness (QED) is 0.535. The van der Waals surface area contributed by atoms with Crippen molar-refractivity contribution in [3.63, 3.8) is 0 Å². The molecule has 1 atom stereocenters. The fourth-order valence-electron chi connectivity index (χ4n) is 4.20. The fourth-order valence-corrected chi connectivity index (χ4v) is 4.46. The van der Waals surface area contributed by atoms with E-state index in [0.717, 1.165) is 11.3 Å². The van der Waals surface area contributed by atoms with Crippen LogP contribution in [0.3, 0.4) is 0 Å². The smallest absolute Gasteiger partial charge is 0.331 e. The fraction of sp³-hybridized carbons (Fsp3) is 0.308. The molecular weight excluding hydrogens is 482 g/mol. The molecule has 2 heterocycles. The summed E-state index contributed by atoms with van der Waals surface area (Å²) in [6.45, 7) is 5.52. The Morgan fingerprint density at radius 1 is 1.14 bits per heavy atom. The number of para-hydroxylation sites is 1. The summed E-state index contributed by atoms with van der Waals surface area (Å²) in [4.78, 5) is 42.3. The molecule has 1 aliphatic heterocycles. The van der Waals surface area contributed by atoms with E-state index < -0.39 is 17.5 Å². The Morgan fingerprint density at radius 2 is 1.89 bits per heavy atom. The number of carbonyl (C=O) groups is 3. The third kappa shape index (κ3) is 4.92. The Balaban J connectivity index is 1.64. The Hall–Kier alpha value is -3.85. The summed E-state index contributed by atoms with van der Waals surface area (Å²) in [5.41, 5.74) is 1.37. The number of hydrogen-bond donors (Lipinski definition) is 1. The third-order valence-corrected chi connectivity index (χ3v) is 6.49. The zero-order chi connectivity index (χ0) is 26.0. The van der Waals surface area contributed by atoms with Crippen LogP contribution < -0.4 is 10.2 Å². The first-order valence-corrected chi connectivity index (χ1v) is 11.9. The standard InChI is InChI=1S/C26H28ClN5O4/c1-17-15-31(23(33)20-11-10-19(14-21(20)27)32-13-7-12-28-32)22-9-6-5-8-18(22)16-30(17)25(35)29-26(2,3)24(34)36-4/h5-14,17H,15-16H2,1-4H3,(H,29,35)/t17-/m1/s1. The van der Waals surface area contributed by atoms with Crippen molar-refractivity contribution in [1.82, 2.24) is 20.0 Å². The second kappa shape index (κ2) is 10.0. The van der Waals surface area contributed by atoms with Crippen LogP contribution in [0.4, 0.5) is 10.5 Å². The van der Waals surface area contributed by atoms with Crippen LogP contribution in [0.25, 0.3) is 5.69 Å². The highest BCUT2D eigenvalue weighted by Crippen LogP contribution is 2.31. The first-order chi connectivity index (χ1) is 17.1. The Kier molecular flexibility index (Phi) is 7.03. The lowest BCUT2D eigenvalue weighted by atomic mass is 10.1. The molecule has 3 aromatic rings. The second-order valence-corrected chi connectivity index (χ2v) is 9.59. The van der Waals surface area contributed by atoms with Gasteiger partial charge in [0, 0.05) is 37.2 Å². The van der Waals surface area contributed by atoms with E-state index in [1.165, 1.54) is 7.11 Å². The number of aromatic nitrogens is 2. The van der Waals surface area contributed by atoms with E-state index in [2.05, 4.69) is 10.4 Å². The number of esters is 1. The SMILES string of the molecule is COC(=O)C(C)(C)NC(=O)N1Cc2ccccc2N(C(=O)c2ccc(-n3cccn3)cc2Cl)C[C@H]1C. The summed E-state index contributed by atoms with van der Waals surface area (Å²) < 4.78 is 6.47. The normalized spacial score (nSPS) is 15.6. The minimum atomic E-state index is -1.21. The van der Waals surface area contributed by atoms with E-state index in [1.54, 1.807) is 65.0 Å². The van der Waals surface area contributed by atoms with Crippen molar-refractivity contribution in [2.45, 2.75) is 38.9 Å². The number of rotatable bonds is 4. The molecule has 4 rings (SSSR count). The number of urea groups is 1. The number of ether oxygens (including phenoxy) is 1. The summed E-state index contributed by atoms with van der Waals surface area (Å²) in [6.07, 6.45) is 3.46. The van der Waals surface area contributed by atoms with Crippen molar-refractivity contribution in [3.8, 4) is 5.69 Å². The van der Waals surface area contributed by atoms with Crippen LogP contribution in [0.15, 0.2) is 60.9 Å². The van der Waals surface area contributed by atoms with Gasteiger partial charge in [0.25, 0.3) is 5.91 Å². The maximum atomic E-state index is 13.8. The van der Waals surface area contributed by atoms with E-state index in [9.17, 15) is 14.4 Å². The van der Waals surface area contributed by atoms with E-state index >= 15 is 0 Å². The largest absolute Gasteiger partial charge is 0.467 e. The highest BCUT2D eigenvalue weighted by Gasteiger charge is 2.36. The van der Waals surface area contributed by atoms with Gasteiger partial charge < -0.3 is 19.9 Å². The van der Waals surface area contributed by atoms with Crippen LogP contribution in [0.2, 0.25) is 5.02 Å². The minimum Gasteiger partial charge on any atom is -0.467 e. The van der Waals surface area contributed by atoms with Crippen molar-refractivity contribution in [1.29, 1.82) is 0 Å². The highest BCUT2D eigenvalue weighted by molar-refractivity contribution is 6.34. The number of carbonyl (C=O) groups excluding carboxylic acids is 3. The van der Waals surface area contributed by atoms with Crippen LogP contribution in [0, 0.1) is 0 Å². The molecule has 1 N–H and O–H groups in total. The van der Waals surface area contributed by atoms with E-state index in [4.69, 9.17) is 16.3 Å². The second-order valence-electron chi connectivity index (χ2n) is 9.18. The molecule has 0 aliphatic carbocycles. The van der Waals surface area contributed by atoms with Crippen molar-refractivity contribution < 1.29 is 19.1 Å². The average Bonchev–Trinajstić information content (AvgIpc) is 3.35. The van der Waals surface area contributed by atoms with Gasteiger partial charge in [-0.05, 0) is 56.7 Å². The summed E-state index contributed by atoms with van der Waals surface area (Å²) in [5, 5.41) is 7.25. The molecular formula is C26H28ClN5O4. The molecule has 1 aliphatic rings. The number of halogens is 1. The van der Waals surface area contributed by atoms with Crippen LogP contribution >= 0.6 is 11.6 Å². The molecule has 188 valence electrons. The van der Waals surface area contributed by atoms with Gasteiger partial charge in [-0.1, -0.05) is 29.8 Å². The number of nitrogens with zero attached hydrogens (tertiary/aromatic N) is 4. The maximum absolute atomic E-state index is 13.8. The Labute approximate surface area is 214 Å². The average molecular weight is 510 g/mol. The van der Waals surface area contributed by atoms with Gasteiger partial charge in [-0.25, -0.2) is 14.3 Å². The van der Waals surface area contributed by atoms with Crippen molar-refractivity contribution >= 4 is 35.2 Å². The van der Waals surface area contributed by atoms with Crippen LogP contribution in [-0.2, 0) is 16.1 Å². The van der Waals surface area contributed by atoms with Gasteiger partial charge in [0.2, 0.25) is 0 Å². The molecule has 3 amide bonds. The Bertz CT molecular complexity index is 1290. The monoisotopic (exact) mass is 509 g/mol. The van der Waals surface area contributed by atoms with Gasteiger partial charge in [-0.3, -0.25) is 4.79 Å². The zero-order valence-corrected chi connectivity index (χ0v) is 21.3. The number of methoxy groups -OCH3 is 1. The van der Waals surface area contributed by atoms with Gasteiger partial charge in [-0.15, -0.1) is 0 Å². The number of benzene rings is 2. The molecule has 0 fully saturated rings. The molecule has 2 aromatic carbocycles. The number of hydrogen-bond acceptors (Lipinski definition) is 5. The molecule has 0 spiro atoms. The molecule has 36 heavy (non-hydrogen) atoms. The number of amides is 3.